The van der Waals surface area contributed by atoms with Crippen LogP contribution in [0.4, 0.5) is 5.69 Å². The molecule has 3 aromatic rings. The van der Waals surface area contributed by atoms with E-state index in [1.807, 2.05) is 6.07 Å². The van der Waals surface area contributed by atoms with Gasteiger partial charge >= 0.3 is 0 Å². The first kappa shape index (κ1) is 20.4. The zero-order chi connectivity index (χ0) is 21.3. The van der Waals surface area contributed by atoms with Crippen LogP contribution < -0.4 is 10.1 Å². The molecule has 30 heavy (non-hydrogen) atoms. The molecular weight excluding hydrogens is 378 g/mol. The molecule has 0 saturated carbocycles. The number of rotatable bonds is 6. The summed E-state index contributed by atoms with van der Waals surface area (Å²) >= 11 is 0. The number of carbonyl (C=O) groups is 1. The van der Waals surface area contributed by atoms with Crippen molar-refractivity contribution in [2.75, 3.05) is 25.5 Å². The van der Waals surface area contributed by atoms with E-state index in [2.05, 4.69) is 46.4 Å². The summed E-state index contributed by atoms with van der Waals surface area (Å²) in [6.45, 7) is 5.39. The van der Waals surface area contributed by atoms with Gasteiger partial charge in [-0.25, -0.2) is 0 Å². The van der Waals surface area contributed by atoms with Crippen molar-refractivity contribution in [2.45, 2.75) is 38.8 Å². The molecule has 4 rings (SSSR count). The topological polar surface area (TPSA) is 77.6 Å². The van der Waals surface area contributed by atoms with Crippen LogP contribution >= 0.6 is 0 Å². The van der Waals surface area contributed by atoms with Crippen molar-refractivity contribution in [2.24, 2.45) is 0 Å². The Morgan fingerprint density at radius 1 is 1.33 bits per heavy atom. The molecule has 0 bridgehead atoms. The number of methoxy groups -OCH3 is 1. The minimum atomic E-state index is -0.665. The molecule has 0 radical (unpaired) electrons. The maximum absolute atomic E-state index is 11.8. The molecule has 0 fully saturated rings. The SMILES string of the molecule is CCC(=O)Nc1cc([C@@H](O)CN2CCc3c([nH]c4ccccc34)[C@@H]2C)ccc1OC. The number of anilines is 1. The number of hydrogen-bond acceptors (Lipinski definition) is 4. The number of hydrogen-bond donors (Lipinski definition) is 3. The monoisotopic (exact) mass is 407 g/mol. The first-order chi connectivity index (χ1) is 14.5. The highest BCUT2D eigenvalue weighted by Crippen LogP contribution is 2.35. The molecule has 2 heterocycles. The van der Waals surface area contributed by atoms with Gasteiger partial charge in [-0.15, -0.1) is 0 Å². The number of aliphatic hydroxyl groups is 1. The number of benzene rings is 2. The molecule has 0 spiro atoms. The summed E-state index contributed by atoms with van der Waals surface area (Å²) in [5.74, 6) is 0.498. The summed E-state index contributed by atoms with van der Waals surface area (Å²) in [7, 11) is 1.57. The van der Waals surface area contributed by atoms with E-state index in [4.69, 9.17) is 4.74 Å². The lowest BCUT2D eigenvalue weighted by Gasteiger charge is -2.35. The molecule has 158 valence electrons. The number of para-hydroxylation sites is 1. The van der Waals surface area contributed by atoms with Crippen LogP contribution in [0, 0.1) is 0 Å². The number of aromatic amines is 1. The van der Waals surface area contributed by atoms with Crippen LogP contribution in [0.15, 0.2) is 42.5 Å². The van der Waals surface area contributed by atoms with E-state index in [0.29, 0.717) is 24.4 Å². The van der Waals surface area contributed by atoms with E-state index in [0.717, 1.165) is 18.5 Å². The number of fused-ring (bicyclic) bond motifs is 3. The lowest BCUT2D eigenvalue weighted by Crippen LogP contribution is -2.36. The van der Waals surface area contributed by atoms with Crippen molar-refractivity contribution in [3.05, 3.63) is 59.3 Å². The predicted octanol–water partition coefficient (Wildman–Crippen LogP) is 4.18. The van der Waals surface area contributed by atoms with Crippen LogP contribution in [-0.2, 0) is 11.2 Å². The Morgan fingerprint density at radius 2 is 2.13 bits per heavy atom. The van der Waals surface area contributed by atoms with Crippen molar-refractivity contribution >= 4 is 22.5 Å². The number of nitrogens with zero attached hydrogens (tertiary/aromatic N) is 1. The first-order valence-electron chi connectivity index (χ1n) is 10.5. The van der Waals surface area contributed by atoms with Crippen LogP contribution in [-0.4, -0.2) is 41.1 Å². The minimum Gasteiger partial charge on any atom is -0.495 e. The maximum Gasteiger partial charge on any atom is 0.224 e. The van der Waals surface area contributed by atoms with Crippen molar-refractivity contribution in [1.29, 1.82) is 0 Å². The largest absolute Gasteiger partial charge is 0.495 e. The zero-order valence-electron chi connectivity index (χ0n) is 17.7. The molecule has 2 atom stereocenters. The number of ether oxygens (including phenoxy) is 1. The second-order valence-corrected chi connectivity index (χ2v) is 7.86. The lowest BCUT2D eigenvalue weighted by atomic mass is 9.97. The highest BCUT2D eigenvalue weighted by Gasteiger charge is 2.28. The Bertz CT molecular complexity index is 1060. The van der Waals surface area contributed by atoms with Gasteiger partial charge in [-0.2, -0.15) is 0 Å². The highest BCUT2D eigenvalue weighted by atomic mass is 16.5. The Kier molecular flexibility index (Phi) is 5.79. The Morgan fingerprint density at radius 3 is 2.90 bits per heavy atom. The van der Waals surface area contributed by atoms with Gasteiger partial charge in [0.15, 0.2) is 0 Å². The summed E-state index contributed by atoms with van der Waals surface area (Å²) < 4.78 is 5.35. The molecule has 1 amide bonds. The molecule has 0 saturated heterocycles. The number of carbonyl (C=O) groups excluding carboxylic acids is 1. The second-order valence-electron chi connectivity index (χ2n) is 7.86. The molecule has 2 aromatic carbocycles. The molecular formula is C24H29N3O3. The van der Waals surface area contributed by atoms with Gasteiger partial charge in [-0.1, -0.05) is 31.2 Å². The Labute approximate surface area is 176 Å². The van der Waals surface area contributed by atoms with Crippen molar-refractivity contribution in [3.63, 3.8) is 0 Å². The van der Waals surface area contributed by atoms with Crippen molar-refractivity contribution < 1.29 is 14.6 Å². The third kappa shape index (κ3) is 3.80. The van der Waals surface area contributed by atoms with E-state index in [1.54, 1.807) is 26.2 Å². The van der Waals surface area contributed by atoms with Gasteiger partial charge in [0.2, 0.25) is 5.91 Å². The Hall–Kier alpha value is -2.83. The predicted molar refractivity (Wildman–Crippen MR) is 119 cm³/mol. The van der Waals surface area contributed by atoms with Gasteiger partial charge in [0, 0.05) is 42.1 Å². The fourth-order valence-electron chi connectivity index (χ4n) is 4.32. The molecule has 3 N–H and O–H groups in total. The van der Waals surface area contributed by atoms with Crippen LogP contribution in [0.2, 0.25) is 0 Å². The molecule has 1 aromatic heterocycles. The van der Waals surface area contributed by atoms with Gasteiger partial charge in [0.1, 0.15) is 5.75 Å². The summed E-state index contributed by atoms with van der Waals surface area (Å²) in [5, 5.41) is 15.1. The van der Waals surface area contributed by atoms with Gasteiger partial charge < -0.3 is 20.1 Å². The molecule has 6 nitrogen and oxygen atoms in total. The third-order valence-electron chi connectivity index (χ3n) is 6.07. The van der Waals surface area contributed by atoms with Crippen LogP contribution in [0.25, 0.3) is 10.9 Å². The maximum atomic E-state index is 11.8. The average Bonchev–Trinajstić information content (AvgIpc) is 3.15. The van der Waals surface area contributed by atoms with Gasteiger partial charge in [0.05, 0.1) is 18.9 Å². The van der Waals surface area contributed by atoms with Gasteiger partial charge in [0.25, 0.3) is 0 Å². The van der Waals surface area contributed by atoms with E-state index in [9.17, 15) is 9.90 Å². The standard InChI is InChI=1S/C24H29N3O3/c1-4-23(29)25-20-13-16(9-10-22(20)30-3)21(28)14-27-12-11-18-17-7-5-6-8-19(17)26-24(18)15(27)2/h5-10,13,15,21,26,28H,4,11-12,14H2,1-3H3,(H,25,29)/t15-,21-/m0/s1. The summed E-state index contributed by atoms with van der Waals surface area (Å²) in [5.41, 5.74) is 5.14. The fraction of sp³-hybridized carbons (Fsp3) is 0.375. The summed E-state index contributed by atoms with van der Waals surface area (Å²) in [6.07, 6.45) is 0.673. The summed E-state index contributed by atoms with van der Waals surface area (Å²) in [4.78, 5) is 17.7. The molecule has 0 unspecified atom stereocenters. The lowest BCUT2D eigenvalue weighted by molar-refractivity contribution is -0.115. The minimum absolute atomic E-state index is 0.0871. The fourth-order valence-corrected chi connectivity index (χ4v) is 4.32. The van der Waals surface area contributed by atoms with E-state index in [-0.39, 0.29) is 11.9 Å². The Balaban J connectivity index is 1.53. The smallest absolute Gasteiger partial charge is 0.224 e. The number of aromatic nitrogens is 1. The normalized spacial score (nSPS) is 17.5. The van der Waals surface area contributed by atoms with Crippen LogP contribution in [0.5, 0.6) is 5.75 Å². The first-order valence-corrected chi connectivity index (χ1v) is 10.5. The zero-order valence-corrected chi connectivity index (χ0v) is 17.7. The van der Waals surface area contributed by atoms with E-state index in [1.165, 1.54) is 22.2 Å². The molecule has 0 aliphatic carbocycles. The van der Waals surface area contributed by atoms with Crippen molar-refractivity contribution in [3.8, 4) is 5.75 Å². The quantitative estimate of drug-likeness (QED) is 0.573. The number of H-pyrrole nitrogens is 1. The van der Waals surface area contributed by atoms with Crippen molar-refractivity contribution in [1.82, 2.24) is 9.88 Å². The highest BCUT2D eigenvalue weighted by molar-refractivity contribution is 5.92. The van der Waals surface area contributed by atoms with Gasteiger partial charge in [-0.3, -0.25) is 9.69 Å². The van der Waals surface area contributed by atoms with Crippen LogP contribution in [0.3, 0.4) is 0 Å². The molecule has 1 aliphatic heterocycles. The average molecular weight is 408 g/mol. The summed E-state index contributed by atoms with van der Waals surface area (Å²) in [6, 6.07) is 14.1. The van der Waals surface area contributed by atoms with E-state index >= 15 is 0 Å². The number of β-amino-alcohol motifs (C(OH)–C–C–N with tert-alkyl or cyclic N) is 1. The number of nitrogens with one attached hydrogen (secondary N) is 2. The molecule has 6 heteroatoms. The second kappa shape index (κ2) is 8.50. The van der Waals surface area contributed by atoms with E-state index < -0.39 is 6.10 Å². The number of amides is 1. The third-order valence-corrected chi connectivity index (χ3v) is 6.07. The van der Waals surface area contributed by atoms with Gasteiger partial charge in [-0.05, 0) is 42.7 Å². The molecule has 1 aliphatic rings. The van der Waals surface area contributed by atoms with Crippen LogP contribution in [0.1, 0.15) is 49.2 Å². The number of aliphatic hydroxyl groups excluding tert-OH is 1.